The van der Waals surface area contributed by atoms with Crippen molar-refractivity contribution in [1.82, 2.24) is 14.8 Å². The molecule has 3 rings (SSSR count). The third-order valence-electron chi connectivity index (χ3n) is 4.29. The van der Waals surface area contributed by atoms with Crippen LogP contribution in [0.4, 0.5) is 0 Å². The summed E-state index contributed by atoms with van der Waals surface area (Å²) in [5.41, 5.74) is 6.07. The lowest BCUT2D eigenvalue weighted by Crippen LogP contribution is -2.49. The lowest BCUT2D eigenvalue weighted by Gasteiger charge is -2.34. The fraction of sp³-hybridized carbons (Fsp3) is 0.444. The molecule has 1 aliphatic heterocycles. The summed E-state index contributed by atoms with van der Waals surface area (Å²) < 4.78 is 5.74. The second kappa shape index (κ2) is 9.32. The molecule has 2 N–H and O–H groups in total. The summed E-state index contributed by atoms with van der Waals surface area (Å²) in [7, 11) is 0. The fourth-order valence-corrected chi connectivity index (χ4v) is 3.81. The monoisotopic (exact) mass is 394 g/mol. The van der Waals surface area contributed by atoms with E-state index in [1.807, 2.05) is 34.5 Å². The Hall–Kier alpha value is -1.67. The van der Waals surface area contributed by atoms with Crippen LogP contribution < -0.4 is 10.5 Å². The molecule has 0 radical (unpaired) electrons. The number of para-hydroxylation sites is 1. The summed E-state index contributed by atoms with van der Waals surface area (Å²) in [4.78, 5) is 21.1. The molecule has 0 bridgehead atoms. The SMILES string of the molecule is NCCc1nc(C(=O)N2CCN(CCOc3ccccc3Cl)CC2)cs1. The van der Waals surface area contributed by atoms with E-state index in [4.69, 9.17) is 22.1 Å². The summed E-state index contributed by atoms with van der Waals surface area (Å²) in [6.45, 7) is 5.01. The highest BCUT2D eigenvalue weighted by Crippen LogP contribution is 2.23. The lowest BCUT2D eigenvalue weighted by atomic mass is 10.3. The number of thiazole rings is 1. The maximum absolute atomic E-state index is 12.5. The van der Waals surface area contributed by atoms with E-state index in [9.17, 15) is 4.79 Å². The predicted octanol–water partition coefficient (Wildman–Crippen LogP) is 2.13. The Morgan fingerprint density at radius 1 is 1.27 bits per heavy atom. The molecule has 0 spiro atoms. The number of nitrogens with zero attached hydrogens (tertiary/aromatic N) is 3. The van der Waals surface area contributed by atoms with Crippen molar-refractivity contribution in [2.24, 2.45) is 5.73 Å². The van der Waals surface area contributed by atoms with Crippen LogP contribution in [0.15, 0.2) is 29.6 Å². The van der Waals surface area contributed by atoms with Crippen LogP contribution in [0.25, 0.3) is 0 Å². The zero-order chi connectivity index (χ0) is 18.4. The summed E-state index contributed by atoms with van der Waals surface area (Å²) in [5.74, 6) is 0.719. The molecule has 1 saturated heterocycles. The third kappa shape index (κ3) is 4.94. The van der Waals surface area contributed by atoms with Gasteiger partial charge in [-0.05, 0) is 18.7 Å². The minimum Gasteiger partial charge on any atom is -0.491 e. The zero-order valence-electron chi connectivity index (χ0n) is 14.6. The number of halogens is 1. The maximum Gasteiger partial charge on any atom is 0.273 e. The van der Waals surface area contributed by atoms with Crippen molar-refractivity contribution in [3.05, 3.63) is 45.4 Å². The van der Waals surface area contributed by atoms with Crippen LogP contribution in [0.3, 0.4) is 0 Å². The first-order valence-corrected chi connectivity index (χ1v) is 9.96. The Bertz CT molecular complexity index is 731. The molecule has 0 saturated carbocycles. The second-order valence-electron chi connectivity index (χ2n) is 6.08. The largest absolute Gasteiger partial charge is 0.491 e. The zero-order valence-corrected chi connectivity index (χ0v) is 16.1. The molecule has 1 amide bonds. The number of rotatable bonds is 7. The summed E-state index contributed by atoms with van der Waals surface area (Å²) in [6, 6.07) is 7.47. The van der Waals surface area contributed by atoms with E-state index in [0.29, 0.717) is 42.7 Å². The first-order valence-electron chi connectivity index (χ1n) is 8.71. The first-order chi connectivity index (χ1) is 12.7. The van der Waals surface area contributed by atoms with Gasteiger partial charge in [-0.2, -0.15) is 0 Å². The molecule has 0 aliphatic carbocycles. The van der Waals surface area contributed by atoms with E-state index < -0.39 is 0 Å². The van der Waals surface area contributed by atoms with Crippen LogP contribution in [-0.4, -0.2) is 66.6 Å². The van der Waals surface area contributed by atoms with Gasteiger partial charge in [-0.3, -0.25) is 9.69 Å². The highest BCUT2D eigenvalue weighted by Gasteiger charge is 2.23. The number of ether oxygens (including phenoxy) is 1. The van der Waals surface area contributed by atoms with Gasteiger partial charge in [0, 0.05) is 44.5 Å². The summed E-state index contributed by atoms with van der Waals surface area (Å²) >= 11 is 7.59. The van der Waals surface area contributed by atoms with Crippen LogP contribution in [0.2, 0.25) is 5.02 Å². The van der Waals surface area contributed by atoms with Gasteiger partial charge < -0.3 is 15.4 Å². The Morgan fingerprint density at radius 3 is 2.77 bits per heavy atom. The van der Waals surface area contributed by atoms with Crippen LogP contribution >= 0.6 is 22.9 Å². The number of nitrogens with two attached hydrogens (primary N) is 1. The molecule has 1 aromatic carbocycles. The highest BCUT2D eigenvalue weighted by atomic mass is 35.5. The number of benzene rings is 1. The molecule has 0 atom stereocenters. The van der Waals surface area contributed by atoms with E-state index in [1.54, 1.807) is 0 Å². The van der Waals surface area contributed by atoms with Crippen LogP contribution in [-0.2, 0) is 6.42 Å². The lowest BCUT2D eigenvalue weighted by molar-refractivity contribution is 0.0615. The Morgan fingerprint density at radius 2 is 2.04 bits per heavy atom. The molecule has 1 aromatic heterocycles. The van der Waals surface area contributed by atoms with E-state index >= 15 is 0 Å². The van der Waals surface area contributed by atoms with Crippen molar-refractivity contribution in [3.63, 3.8) is 0 Å². The molecule has 1 fully saturated rings. The van der Waals surface area contributed by atoms with Crippen molar-refractivity contribution >= 4 is 28.8 Å². The molecule has 6 nitrogen and oxygen atoms in total. The molecule has 26 heavy (non-hydrogen) atoms. The van der Waals surface area contributed by atoms with Crippen LogP contribution in [0.1, 0.15) is 15.5 Å². The predicted molar refractivity (Wildman–Crippen MR) is 104 cm³/mol. The third-order valence-corrected chi connectivity index (χ3v) is 5.51. The van der Waals surface area contributed by atoms with E-state index in [-0.39, 0.29) is 5.91 Å². The van der Waals surface area contributed by atoms with E-state index in [2.05, 4.69) is 9.88 Å². The molecule has 140 valence electrons. The Kier molecular flexibility index (Phi) is 6.85. The number of amides is 1. The van der Waals surface area contributed by atoms with Gasteiger partial charge in [0.15, 0.2) is 0 Å². The van der Waals surface area contributed by atoms with Gasteiger partial charge in [-0.1, -0.05) is 23.7 Å². The topological polar surface area (TPSA) is 71.7 Å². The van der Waals surface area contributed by atoms with E-state index in [1.165, 1.54) is 11.3 Å². The normalized spacial score (nSPS) is 15.2. The molecule has 8 heteroatoms. The number of carbonyl (C=O) groups is 1. The Balaban J connectivity index is 1.42. The van der Waals surface area contributed by atoms with Crippen LogP contribution in [0, 0.1) is 0 Å². The van der Waals surface area contributed by atoms with Crippen molar-refractivity contribution < 1.29 is 9.53 Å². The fourth-order valence-electron chi connectivity index (χ4n) is 2.83. The van der Waals surface area contributed by atoms with Gasteiger partial charge in [-0.25, -0.2) is 4.98 Å². The average molecular weight is 395 g/mol. The van der Waals surface area contributed by atoms with Gasteiger partial charge in [0.1, 0.15) is 18.1 Å². The maximum atomic E-state index is 12.5. The first kappa shape index (κ1) is 19.1. The average Bonchev–Trinajstić information content (AvgIpc) is 3.12. The smallest absolute Gasteiger partial charge is 0.273 e. The van der Waals surface area contributed by atoms with E-state index in [0.717, 1.165) is 31.1 Å². The van der Waals surface area contributed by atoms with Gasteiger partial charge in [0.05, 0.1) is 10.0 Å². The molecule has 1 aliphatic rings. The minimum absolute atomic E-state index is 0.0106. The number of hydrogen-bond donors (Lipinski definition) is 1. The van der Waals surface area contributed by atoms with Gasteiger partial charge in [0.25, 0.3) is 5.91 Å². The molecule has 0 unspecified atom stereocenters. The minimum atomic E-state index is 0.0106. The summed E-state index contributed by atoms with van der Waals surface area (Å²) in [5, 5.41) is 3.38. The van der Waals surface area contributed by atoms with Crippen molar-refractivity contribution in [3.8, 4) is 5.75 Å². The highest BCUT2D eigenvalue weighted by molar-refractivity contribution is 7.09. The number of piperazine rings is 1. The standard InChI is InChI=1S/C18H23ClN4O2S/c19-14-3-1-2-4-16(14)25-12-11-22-7-9-23(10-8-22)18(24)15-13-26-17(21-15)5-6-20/h1-4,13H,5-12,20H2. The van der Waals surface area contributed by atoms with Crippen molar-refractivity contribution in [2.75, 3.05) is 45.9 Å². The van der Waals surface area contributed by atoms with Gasteiger partial charge in [-0.15, -0.1) is 11.3 Å². The molecular weight excluding hydrogens is 372 g/mol. The van der Waals surface area contributed by atoms with Crippen LogP contribution in [0.5, 0.6) is 5.75 Å². The number of aromatic nitrogens is 1. The summed E-state index contributed by atoms with van der Waals surface area (Å²) in [6.07, 6.45) is 0.719. The van der Waals surface area contributed by atoms with Gasteiger partial charge >= 0.3 is 0 Å². The Labute approximate surface area is 162 Å². The second-order valence-corrected chi connectivity index (χ2v) is 7.43. The molecule has 2 aromatic rings. The van der Waals surface area contributed by atoms with Crippen molar-refractivity contribution in [2.45, 2.75) is 6.42 Å². The molecule has 2 heterocycles. The van der Waals surface area contributed by atoms with Gasteiger partial charge in [0.2, 0.25) is 0 Å². The molecular formula is C18H23ClN4O2S. The number of carbonyl (C=O) groups excluding carboxylic acids is 1. The quantitative estimate of drug-likeness (QED) is 0.778. The van der Waals surface area contributed by atoms with Crippen molar-refractivity contribution in [1.29, 1.82) is 0 Å². The number of hydrogen-bond acceptors (Lipinski definition) is 6.